The number of rotatable bonds is 18. The standard InChI is InChI=1S/C38H61N11O9S/c1-59-21-14-23(44-30(50)22-43-32(52)26-10-4-17-46(26)35(55)27-11-5-18-47(27)33(53)24-8-2-15-41-24)31(51)45-25(9-3-16-42-38(39)40)34(54)48-19-6-12-28(48)36(56)49-20-7-13-29(49)37(57)58/h23-29,41H,2-22H2,1H3,(H,43,52)(H,44,50)(H,45,51)(H,57,58)(H4,39,40,42)/t23-,24-,25-,26-,27-,28-,29-/m0/s1. The van der Waals surface area contributed by atoms with E-state index in [9.17, 15) is 43.5 Å². The van der Waals surface area contributed by atoms with Crippen molar-refractivity contribution in [3.05, 3.63) is 0 Å². The molecule has 0 aliphatic carbocycles. The second-order valence-corrected chi connectivity index (χ2v) is 16.9. The predicted molar refractivity (Wildman–Crippen MR) is 217 cm³/mol. The second kappa shape index (κ2) is 21.6. The summed E-state index contributed by atoms with van der Waals surface area (Å²) in [5, 5.41) is 21.0. The normalized spacial score (nSPS) is 25.1. The number of guanidine groups is 1. The number of carbonyl (C=O) groups excluding carboxylic acids is 7. The van der Waals surface area contributed by atoms with E-state index in [2.05, 4.69) is 26.3 Å². The molecular weight excluding hydrogens is 787 g/mol. The third kappa shape index (κ3) is 11.5. The first-order chi connectivity index (χ1) is 28.3. The molecule has 0 radical (unpaired) electrons. The van der Waals surface area contributed by atoms with Gasteiger partial charge < -0.3 is 57.4 Å². The van der Waals surface area contributed by atoms with Crippen LogP contribution in [0.25, 0.3) is 0 Å². The summed E-state index contributed by atoms with van der Waals surface area (Å²) in [5.74, 6) is -3.83. The first-order valence-corrected chi connectivity index (χ1v) is 22.3. The minimum absolute atomic E-state index is 0.0829. The maximum Gasteiger partial charge on any atom is 0.326 e. The van der Waals surface area contributed by atoms with Gasteiger partial charge in [-0.2, -0.15) is 11.8 Å². The van der Waals surface area contributed by atoms with Crippen molar-refractivity contribution in [2.75, 3.05) is 57.8 Å². The fraction of sp³-hybridized carbons (Fsp3) is 0.763. The van der Waals surface area contributed by atoms with Crippen LogP contribution in [0.2, 0.25) is 0 Å². The summed E-state index contributed by atoms with van der Waals surface area (Å²) in [6.45, 7) is 1.84. The van der Waals surface area contributed by atoms with Gasteiger partial charge in [-0.15, -0.1) is 0 Å². The first-order valence-electron chi connectivity index (χ1n) is 20.9. The molecule has 0 aromatic heterocycles. The van der Waals surface area contributed by atoms with Crippen molar-refractivity contribution < 1.29 is 43.5 Å². The Kier molecular flexibility index (Phi) is 16.6. The molecule has 5 aliphatic rings. The van der Waals surface area contributed by atoms with Gasteiger partial charge in [-0.3, -0.25) is 38.6 Å². The Balaban J connectivity index is 1.20. The Morgan fingerprint density at radius 3 is 1.90 bits per heavy atom. The van der Waals surface area contributed by atoms with Gasteiger partial charge >= 0.3 is 5.97 Å². The van der Waals surface area contributed by atoms with Crippen LogP contribution in [0.1, 0.15) is 83.5 Å². The highest BCUT2D eigenvalue weighted by Crippen LogP contribution is 2.28. The molecular formula is C38H61N11O9S. The van der Waals surface area contributed by atoms with E-state index < -0.39 is 78.3 Å². The second-order valence-electron chi connectivity index (χ2n) is 15.9. The molecule has 0 saturated carbocycles. The number of carbonyl (C=O) groups is 8. The van der Waals surface area contributed by atoms with Gasteiger partial charge in [-0.05, 0) is 102 Å². The van der Waals surface area contributed by atoms with Crippen molar-refractivity contribution >= 4 is 65.0 Å². The van der Waals surface area contributed by atoms with Crippen molar-refractivity contribution in [1.82, 2.24) is 40.9 Å². The quantitative estimate of drug-likeness (QED) is 0.0434. The number of hydrogen-bond donors (Lipinski definition) is 7. The van der Waals surface area contributed by atoms with Crippen molar-refractivity contribution in [2.45, 2.75) is 126 Å². The third-order valence-electron chi connectivity index (χ3n) is 11.9. The number of carboxylic acid groups (broad SMARTS) is 1. The van der Waals surface area contributed by atoms with E-state index in [-0.39, 0.29) is 56.3 Å². The Labute approximate surface area is 348 Å². The minimum atomic E-state index is -1.11. The summed E-state index contributed by atoms with van der Waals surface area (Å²) < 4.78 is 0. The molecule has 59 heavy (non-hydrogen) atoms. The van der Waals surface area contributed by atoms with E-state index in [0.29, 0.717) is 76.6 Å². The van der Waals surface area contributed by atoms with Crippen molar-refractivity contribution in [3.63, 3.8) is 0 Å². The highest BCUT2D eigenvalue weighted by molar-refractivity contribution is 7.98. The number of hydrogen-bond acceptors (Lipinski definition) is 11. The molecule has 7 atom stereocenters. The summed E-state index contributed by atoms with van der Waals surface area (Å²) in [6, 6.07) is -5.77. The van der Waals surface area contributed by atoms with Gasteiger partial charge in [0.2, 0.25) is 41.4 Å². The van der Waals surface area contributed by atoms with Crippen LogP contribution in [0.4, 0.5) is 0 Å². The Bertz CT molecular complexity index is 1610. The number of nitrogens with one attached hydrogen (secondary N) is 4. The van der Waals surface area contributed by atoms with Gasteiger partial charge in [0.15, 0.2) is 5.96 Å². The molecule has 0 bridgehead atoms. The lowest BCUT2D eigenvalue weighted by atomic mass is 10.1. The number of aliphatic carboxylic acids is 1. The van der Waals surface area contributed by atoms with E-state index in [4.69, 9.17) is 11.5 Å². The van der Waals surface area contributed by atoms with E-state index in [1.54, 1.807) is 4.90 Å². The summed E-state index contributed by atoms with van der Waals surface area (Å²) in [6.07, 6.45) is 8.05. The van der Waals surface area contributed by atoms with Crippen molar-refractivity contribution in [1.29, 1.82) is 0 Å². The van der Waals surface area contributed by atoms with Gasteiger partial charge in [0.1, 0.15) is 36.3 Å². The van der Waals surface area contributed by atoms with Crippen LogP contribution < -0.4 is 32.7 Å². The zero-order valence-corrected chi connectivity index (χ0v) is 34.7. The molecule has 5 saturated heterocycles. The van der Waals surface area contributed by atoms with Gasteiger partial charge in [0, 0.05) is 32.7 Å². The SMILES string of the molecule is CSCC[C@H](NC(=O)CNC(=O)[C@@H]1CCCN1C(=O)[C@@H]1CCCN1C(=O)[C@@H]1CCCN1)C(=O)N[C@@H](CCCN=C(N)N)C(=O)N1CCC[C@H]1C(=O)N1CCC[C@H]1C(=O)O. The molecule has 7 amide bonds. The van der Waals surface area contributed by atoms with Gasteiger partial charge in [0.05, 0.1) is 12.6 Å². The van der Waals surface area contributed by atoms with Crippen LogP contribution in [0.5, 0.6) is 0 Å². The molecule has 21 heteroatoms. The highest BCUT2D eigenvalue weighted by atomic mass is 32.2. The van der Waals surface area contributed by atoms with Crippen LogP contribution in [0.3, 0.4) is 0 Å². The molecule has 0 unspecified atom stereocenters. The van der Waals surface area contributed by atoms with E-state index in [1.165, 1.54) is 26.5 Å². The van der Waals surface area contributed by atoms with E-state index >= 15 is 0 Å². The van der Waals surface area contributed by atoms with Crippen LogP contribution in [0.15, 0.2) is 4.99 Å². The summed E-state index contributed by atoms with van der Waals surface area (Å²) in [4.78, 5) is 117. The average Bonchev–Trinajstić information content (AvgIpc) is 4.07. The summed E-state index contributed by atoms with van der Waals surface area (Å²) in [5.41, 5.74) is 11.0. The van der Waals surface area contributed by atoms with E-state index in [1.807, 2.05) is 6.26 Å². The number of nitrogens with two attached hydrogens (primary N) is 2. The number of aliphatic imine (C=N–C) groups is 1. The lowest BCUT2D eigenvalue weighted by Gasteiger charge is -2.32. The van der Waals surface area contributed by atoms with Gasteiger partial charge in [0.25, 0.3) is 0 Å². The van der Waals surface area contributed by atoms with Crippen LogP contribution in [0, 0.1) is 0 Å². The molecule has 0 spiro atoms. The topological polar surface area (TPSA) is 282 Å². The predicted octanol–water partition coefficient (Wildman–Crippen LogP) is -2.32. The number of carboxylic acids is 1. The zero-order valence-electron chi connectivity index (χ0n) is 33.9. The monoisotopic (exact) mass is 847 g/mol. The molecule has 5 aliphatic heterocycles. The average molecular weight is 848 g/mol. The molecule has 0 aromatic carbocycles. The van der Waals surface area contributed by atoms with Gasteiger partial charge in [-0.1, -0.05) is 0 Å². The molecule has 328 valence electrons. The zero-order chi connectivity index (χ0) is 42.6. The van der Waals surface area contributed by atoms with Crippen LogP contribution >= 0.6 is 11.8 Å². The number of nitrogens with zero attached hydrogens (tertiary/aromatic N) is 5. The Morgan fingerprint density at radius 1 is 0.729 bits per heavy atom. The van der Waals surface area contributed by atoms with Gasteiger partial charge in [-0.25, -0.2) is 4.79 Å². The number of amides is 7. The highest BCUT2D eigenvalue weighted by Gasteiger charge is 2.45. The molecule has 5 heterocycles. The van der Waals surface area contributed by atoms with Crippen LogP contribution in [-0.4, -0.2) is 178 Å². The Morgan fingerprint density at radius 2 is 1.31 bits per heavy atom. The van der Waals surface area contributed by atoms with E-state index in [0.717, 1.165) is 19.4 Å². The molecule has 9 N–H and O–H groups in total. The first kappa shape index (κ1) is 45.4. The van der Waals surface area contributed by atoms with Crippen LogP contribution in [-0.2, 0) is 38.4 Å². The summed E-state index contributed by atoms with van der Waals surface area (Å²) in [7, 11) is 0. The molecule has 20 nitrogen and oxygen atoms in total. The number of thioether (sulfide) groups is 1. The maximum atomic E-state index is 14.1. The van der Waals surface area contributed by atoms with Crippen molar-refractivity contribution in [3.8, 4) is 0 Å². The lowest BCUT2D eigenvalue weighted by Crippen LogP contribution is -2.58. The smallest absolute Gasteiger partial charge is 0.326 e. The molecule has 0 aromatic rings. The minimum Gasteiger partial charge on any atom is -0.480 e. The fourth-order valence-electron chi connectivity index (χ4n) is 8.91. The maximum absolute atomic E-state index is 14.1. The van der Waals surface area contributed by atoms with Crippen molar-refractivity contribution in [2.24, 2.45) is 16.5 Å². The third-order valence-corrected chi connectivity index (χ3v) is 12.5. The number of likely N-dealkylation sites (tertiary alicyclic amines) is 4. The fourth-order valence-corrected chi connectivity index (χ4v) is 9.38. The molecule has 5 fully saturated rings. The Hall–Kier alpha value is -4.66. The summed E-state index contributed by atoms with van der Waals surface area (Å²) >= 11 is 1.45. The lowest BCUT2D eigenvalue weighted by molar-refractivity contribution is -0.152. The molecule has 5 rings (SSSR count). The largest absolute Gasteiger partial charge is 0.480 e.